The van der Waals surface area contributed by atoms with Crippen molar-refractivity contribution in [2.75, 3.05) is 25.6 Å². The van der Waals surface area contributed by atoms with Crippen LogP contribution in [0.3, 0.4) is 0 Å². The third kappa shape index (κ3) is 3.93. The van der Waals surface area contributed by atoms with Gasteiger partial charge in [-0.25, -0.2) is 14.8 Å². The van der Waals surface area contributed by atoms with E-state index in [9.17, 15) is 9.35 Å². The summed E-state index contributed by atoms with van der Waals surface area (Å²) in [5.74, 6) is 1.14. The van der Waals surface area contributed by atoms with Gasteiger partial charge in [0, 0.05) is 42.2 Å². The molecule has 1 atom stereocenters. The second-order valence-electron chi connectivity index (χ2n) is 6.55. The number of fused-ring (bicyclic) bond motifs is 1. The minimum absolute atomic E-state index is 0.202. The van der Waals surface area contributed by atoms with E-state index in [0.29, 0.717) is 42.3 Å². The molecule has 2 aliphatic heterocycles. The van der Waals surface area contributed by atoms with Gasteiger partial charge in [0.2, 0.25) is 0 Å². The van der Waals surface area contributed by atoms with E-state index < -0.39 is 17.3 Å². The van der Waals surface area contributed by atoms with Crippen LogP contribution in [0.25, 0.3) is 11.1 Å². The molecule has 142 valence electrons. The molecule has 2 aromatic rings. The molecule has 3 heterocycles. The van der Waals surface area contributed by atoms with Crippen molar-refractivity contribution in [2.45, 2.75) is 17.7 Å². The Labute approximate surface area is 159 Å². The lowest BCUT2D eigenvalue weighted by Gasteiger charge is -2.29. The van der Waals surface area contributed by atoms with Gasteiger partial charge in [-0.05, 0) is 42.5 Å². The monoisotopic (exact) mass is 389 g/mol. The van der Waals surface area contributed by atoms with Crippen LogP contribution in [0.4, 0.5) is 4.79 Å². The van der Waals surface area contributed by atoms with Gasteiger partial charge in [-0.3, -0.25) is 0 Å². The van der Waals surface area contributed by atoms with Gasteiger partial charge in [-0.2, -0.15) is 0 Å². The number of hydrogen-bond acceptors (Lipinski definition) is 6. The normalized spacial score (nSPS) is 19.4. The SMILES string of the molecule is O=C(O)N1CCC(COc2ncc(-c3ccc4c(c3)OC[S@@+]4[O-])cn2)CC1. The molecule has 0 bridgehead atoms. The van der Waals surface area contributed by atoms with E-state index in [1.165, 1.54) is 4.90 Å². The summed E-state index contributed by atoms with van der Waals surface area (Å²) in [6.07, 6.45) is 4.06. The minimum Gasteiger partial charge on any atom is -0.609 e. The van der Waals surface area contributed by atoms with Gasteiger partial charge >= 0.3 is 12.1 Å². The summed E-state index contributed by atoms with van der Waals surface area (Å²) >= 11 is -1.09. The van der Waals surface area contributed by atoms with Gasteiger partial charge in [0.1, 0.15) is 0 Å². The third-order valence-electron chi connectivity index (χ3n) is 4.81. The number of carboxylic acid groups (broad SMARTS) is 1. The second kappa shape index (κ2) is 7.61. The van der Waals surface area contributed by atoms with Crippen molar-refractivity contribution in [1.82, 2.24) is 14.9 Å². The summed E-state index contributed by atoms with van der Waals surface area (Å²) in [4.78, 5) is 21.6. The molecular formula is C18H19N3O5S. The van der Waals surface area contributed by atoms with Crippen molar-refractivity contribution in [3.63, 3.8) is 0 Å². The van der Waals surface area contributed by atoms with E-state index in [-0.39, 0.29) is 5.94 Å². The van der Waals surface area contributed by atoms with Gasteiger partial charge in [-0.15, -0.1) is 0 Å². The first-order valence-corrected chi connectivity index (χ1v) is 10.0. The summed E-state index contributed by atoms with van der Waals surface area (Å²) in [6.45, 7) is 1.55. The number of nitrogens with zero attached hydrogens (tertiary/aromatic N) is 3. The maximum absolute atomic E-state index is 11.7. The number of carbonyl (C=O) groups is 1. The fourth-order valence-corrected chi connectivity index (χ4v) is 4.12. The molecule has 2 aliphatic rings. The van der Waals surface area contributed by atoms with Gasteiger partial charge in [-0.1, -0.05) is 0 Å². The van der Waals surface area contributed by atoms with Gasteiger partial charge in [0.05, 0.1) is 6.61 Å². The van der Waals surface area contributed by atoms with Crippen LogP contribution in [0.2, 0.25) is 0 Å². The molecule has 1 aromatic heterocycles. The highest BCUT2D eigenvalue weighted by molar-refractivity contribution is 7.91. The molecule has 9 heteroatoms. The molecule has 0 radical (unpaired) electrons. The molecule has 27 heavy (non-hydrogen) atoms. The van der Waals surface area contributed by atoms with Crippen molar-refractivity contribution in [3.8, 4) is 22.9 Å². The van der Waals surface area contributed by atoms with Crippen molar-refractivity contribution < 1.29 is 23.9 Å². The van der Waals surface area contributed by atoms with Crippen molar-refractivity contribution in [2.24, 2.45) is 5.92 Å². The van der Waals surface area contributed by atoms with Crippen LogP contribution in [-0.2, 0) is 11.2 Å². The van der Waals surface area contributed by atoms with E-state index >= 15 is 0 Å². The van der Waals surface area contributed by atoms with E-state index in [4.69, 9.17) is 14.6 Å². The number of ether oxygens (including phenoxy) is 2. The number of piperidine rings is 1. The fraction of sp³-hybridized carbons (Fsp3) is 0.389. The highest BCUT2D eigenvalue weighted by Gasteiger charge is 2.26. The first-order chi connectivity index (χ1) is 13.1. The molecule has 0 unspecified atom stereocenters. The van der Waals surface area contributed by atoms with E-state index in [1.807, 2.05) is 18.2 Å². The zero-order chi connectivity index (χ0) is 18.8. The quantitative estimate of drug-likeness (QED) is 0.800. The van der Waals surface area contributed by atoms with Crippen molar-refractivity contribution >= 4 is 17.3 Å². The Morgan fingerprint density at radius 2 is 2.04 bits per heavy atom. The Morgan fingerprint density at radius 1 is 1.30 bits per heavy atom. The Bertz CT molecular complexity index is 824. The van der Waals surface area contributed by atoms with Crippen LogP contribution >= 0.6 is 0 Å². The molecule has 8 nitrogen and oxygen atoms in total. The Kier molecular flexibility index (Phi) is 5.04. The van der Waals surface area contributed by atoms with Crippen molar-refractivity contribution in [3.05, 3.63) is 30.6 Å². The predicted molar refractivity (Wildman–Crippen MR) is 97.2 cm³/mol. The molecule has 1 N–H and O–H groups in total. The largest absolute Gasteiger partial charge is 0.609 e. The van der Waals surface area contributed by atoms with Gasteiger partial charge < -0.3 is 24.0 Å². The van der Waals surface area contributed by atoms with Crippen LogP contribution in [0.5, 0.6) is 11.8 Å². The van der Waals surface area contributed by atoms with E-state index in [2.05, 4.69) is 9.97 Å². The Balaban J connectivity index is 1.34. The summed E-state index contributed by atoms with van der Waals surface area (Å²) in [7, 11) is 0. The zero-order valence-electron chi connectivity index (χ0n) is 14.5. The number of benzene rings is 1. The number of rotatable bonds is 4. The minimum atomic E-state index is -1.09. The average molecular weight is 389 g/mol. The second-order valence-corrected chi connectivity index (χ2v) is 7.91. The summed E-state index contributed by atoms with van der Waals surface area (Å²) in [5.41, 5.74) is 1.71. The number of likely N-dealkylation sites (tertiary alicyclic amines) is 1. The maximum Gasteiger partial charge on any atom is 0.407 e. The van der Waals surface area contributed by atoms with Crippen LogP contribution in [-0.4, -0.2) is 56.3 Å². The molecule has 1 fully saturated rings. The maximum atomic E-state index is 11.7. The van der Waals surface area contributed by atoms with Crippen LogP contribution in [0.15, 0.2) is 35.5 Å². The summed E-state index contributed by atoms with van der Waals surface area (Å²) < 4.78 is 22.8. The lowest BCUT2D eigenvalue weighted by atomic mass is 9.98. The average Bonchev–Trinajstić information content (AvgIpc) is 3.07. The Hall–Kier alpha value is -2.52. The Morgan fingerprint density at radius 3 is 2.74 bits per heavy atom. The fourth-order valence-electron chi connectivity index (χ4n) is 3.19. The smallest absolute Gasteiger partial charge is 0.407 e. The molecule has 1 aromatic carbocycles. The molecule has 0 saturated carbocycles. The summed E-state index contributed by atoms with van der Waals surface area (Å²) in [5, 5.41) is 8.97. The molecular weight excluding hydrogens is 370 g/mol. The first-order valence-electron chi connectivity index (χ1n) is 8.68. The summed E-state index contributed by atoms with van der Waals surface area (Å²) in [6, 6.07) is 5.83. The van der Waals surface area contributed by atoms with Crippen molar-refractivity contribution in [1.29, 1.82) is 0 Å². The topological polar surface area (TPSA) is 108 Å². The third-order valence-corrected chi connectivity index (χ3v) is 5.96. The highest BCUT2D eigenvalue weighted by Crippen LogP contribution is 2.35. The first kappa shape index (κ1) is 17.9. The van der Waals surface area contributed by atoms with Crippen LogP contribution in [0.1, 0.15) is 12.8 Å². The standard InChI is InChI=1S/C18H19N3O5S/c22-18(23)21-5-3-12(4-6-21)10-25-17-19-8-14(9-20-17)13-1-2-16-15(7-13)26-11-27(16)24/h1-2,7-9,12H,3-6,10-11H2,(H,22,23)/t27-/m1/s1. The molecule has 0 aliphatic carbocycles. The lowest BCUT2D eigenvalue weighted by molar-refractivity contribution is 0.110. The highest BCUT2D eigenvalue weighted by atomic mass is 32.2. The number of hydrogen-bond donors (Lipinski definition) is 1. The molecule has 0 spiro atoms. The zero-order valence-corrected chi connectivity index (χ0v) is 15.4. The molecule has 1 saturated heterocycles. The molecule has 1 amide bonds. The van der Waals surface area contributed by atoms with Gasteiger partial charge in [0.15, 0.2) is 10.6 Å². The number of aromatic nitrogens is 2. The van der Waals surface area contributed by atoms with Gasteiger partial charge in [0.25, 0.3) is 5.94 Å². The lowest BCUT2D eigenvalue weighted by Crippen LogP contribution is -2.38. The molecule has 4 rings (SSSR count). The van der Waals surface area contributed by atoms with Crippen LogP contribution in [0, 0.1) is 5.92 Å². The van der Waals surface area contributed by atoms with Crippen LogP contribution < -0.4 is 9.47 Å². The van der Waals surface area contributed by atoms with E-state index in [1.54, 1.807) is 12.4 Å². The van der Waals surface area contributed by atoms with E-state index in [0.717, 1.165) is 24.0 Å². The predicted octanol–water partition coefficient (Wildman–Crippen LogP) is 2.37. The number of amides is 1.